The van der Waals surface area contributed by atoms with Crippen molar-refractivity contribution < 1.29 is 14.3 Å². The van der Waals surface area contributed by atoms with E-state index in [-0.39, 0.29) is 17.7 Å². The van der Waals surface area contributed by atoms with Gasteiger partial charge in [0.25, 0.3) is 0 Å². The minimum absolute atomic E-state index is 0.0192. The Labute approximate surface area is 127 Å². The summed E-state index contributed by atoms with van der Waals surface area (Å²) in [5, 5.41) is 3.05. The normalized spacial score (nSPS) is 39.3. The van der Waals surface area contributed by atoms with Crippen molar-refractivity contribution in [1.82, 2.24) is 5.32 Å². The van der Waals surface area contributed by atoms with Gasteiger partial charge in [-0.15, -0.1) is 0 Å². The molecule has 21 heavy (non-hydrogen) atoms. The molecule has 3 rings (SSSR count). The zero-order chi connectivity index (χ0) is 15.1. The maximum atomic E-state index is 12.0. The lowest BCUT2D eigenvalue weighted by Crippen LogP contribution is -2.48. The molecule has 120 valence electrons. The van der Waals surface area contributed by atoms with Gasteiger partial charge in [-0.2, -0.15) is 0 Å². The van der Waals surface area contributed by atoms with Crippen molar-refractivity contribution in [3.05, 3.63) is 0 Å². The molecule has 4 nitrogen and oxygen atoms in total. The van der Waals surface area contributed by atoms with E-state index in [1.165, 1.54) is 19.3 Å². The first-order valence-electron chi connectivity index (χ1n) is 8.49. The van der Waals surface area contributed by atoms with Gasteiger partial charge in [0.15, 0.2) is 0 Å². The van der Waals surface area contributed by atoms with Gasteiger partial charge in [0.2, 0.25) is 0 Å². The van der Waals surface area contributed by atoms with Gasteiger partial charge in [0.1, 0.15) is 5.60 Å². The third-order valence-corrected chi connectivity index (χ3v) is 5.17. The van der Waals surface area contributed by atoms with E-state index in [1.807, 2.05) is 20.8 Å². The third kappa shape index (κ3) is 3.91. The number of hydrogen-bond donors (Lipinski definition) is 1. The van der Waals surface area contributed by atoms with E-state index in [4.69, 9.17) is 9.47 Å². The minimum Gasteiger partial charge on any atom is -0.444 e. The average Bonchev–Trinajstić information content (AvgIpc) is 3.11. The zero-order valence-electron chi connectivity index (χ0n) is 13.6. The highest BCUT2D eigenvalue weighted by Crippen LogP contribution is 2.49. The smallest absolute Gasteiger partial charge is 0.407 e. The molecule has 0 aromatic rings. The summed E-state index contributed by atoms with van der Waals surface area (Å²) in [6.45, 7) is 6.63. The first kappa shape index (κ1) is 15.1. The van der Waals surface area contributed by atoms with Crippen molar-refractivity contribution in [2.24, 2.45) is 11.8 Å². The Morgan fingerprint density at radius 1 is 1.24 bits per heavy atom. The molecule has 0 radical (unpaired) electrons. The number of amides is 1. The van der Waals surface area contributed by atoms with Crippen molar-refractivity contribution in [2.75, 3.05) is 6.61 Å². The second kappa shape index (κ2) is 5.45. The molecule has 4 heteroatoms. The summed E-state index contributed by atoms with van der Waals surface area (Å²) in [4.78, 5) is 12.0. The van der Waals surface area contributed by atoms with Gasteiger partial charge in [-0.05, 0) is 77.6 Å². The van der Waals surface area contributed by atoms with Gasteiger partial charge in [-0.1, -0.05) is 0 Å². The lowest BCUT2D eigenvalue weighted by atomic mass is 9.78. The molecule has 1 saturated heterocycles. The van der Waals surface area contributed by atoms with Crippen LogP contribution in [0.4, 0.5) is 4.79 Å². The zero-order valence-corrected chi connectivity index (χ0v) is 13.6. The molecule has 3 aliphatic rings. The summed E-state index contributed by atoms with van der Waals surface area (Å²) in [6, 6.07) is 0.197. The van der Waals surface area contributed by atoms with Crippen molar-refractivity contribution in [1.29, 1.82) is 0 Å². The minimum atomic E-state index is -0.434. The number of carbonyl (C=O) groups excluding carboxylic acids is 1. The average molecular weight is 295 g/mol. The predicted molar refractivity (Wildman–Crippen MR) is 81.1 cm³/mol. The second-order valence-electron chi connectivity index (χ2n) is 8.23. The number of fused-ring (bicyclic) bond motifs is 1. The maximum absolute atomic E-state index is 12.0. The fourth-order valence-corrected chi connectivity index (χ4v) is 3.95. The van der Waals surface area contributed by atoms with Crippen LogP contribution in [0.15, 0.2) is 0 Å². The largest absolute Gasteiger partial charge is 0.444 e. The van der Waals surface area contributed by atoms with Crippen LogP contribution in [0.3, 0.4) is 0 Å². The molecule has 0 aromatic carbocycles. The number of hydrogen-bond acceptors (Lipinski definition) is 3. The topological polar surface area (TPSA) is 47.6 Å². The Bertz CT molecular complexity index is 389. The number of nitrogens with one attached hydrogen (secondary N) is 1. The van der Waals surface area contributed by atoms with E-state index in [2.05, 4.69) is 5.32 Å². The molecule has 3 fully saturated rings. The van der Waals surface area contributed by atoms with E-state index < -0.39 is 5.60 Å². The summed E-state index contributed by atoms with van der Waals surface area (Å²) >= 11 is 0. The standard InChI is InChI=1S/C17H29NO3/c1-16(2,3)21-15(19)18-14-5-4-7-17(10-14)8-6-12-9-13(12)11-20-17/h12-14H,4-11H2,1-3H3,(H,18,19)/t12-,13-,14-,17+/m1/s1. The molecule has 1 aliphatic heterocycles. The van der Waals surface area contributed by atoms with E-state index in [0.717, 1.165) is 44.1 Å². The van der Waals surface area contributed by atoms with Gasteiger partial charge >= 0.3 is 6.09 Å². The van der Waals surface area contributed by atoms with Crippen LogP contribution in [0.1, 0.15) is 65.7 Å². The molecule has 4 atom stereocenters. The molecule has 0 bridgehead atoms. The fourth-order valence-electron chi connectivity index (χ4n) is 3.95. The second-order valence-corrected chi connectivity index (χ2v) is 8.23. The highest BCUT2D eigenvalue weighted by atomic mass is 16.6. The van der Waals surface area contributed by atoms with Gasteiger partial charge in [0.05, 0.1) is 12.2 Å². The van der Waals surface area contributed by atoms with E-state index >= 15 is 0 Å². The van der Waals surface area contributed by atoms with Gasteiger partial charge in [-0.3, -0.25) is 0 Å². The van der Waals surface area contributed by atoms with Gasteiger partial charge in [-0.25, -0.2) is 4.79 Å². The molecule has 0 unspecified atom stereocenters. The maximum Gasteiger partial charge on any atom is 0.407 e. The van der Waals surface area contributed by atoms with Crippen LogP contribution in [0.25, 0.3) is 0 Å². The van der Waals surface area contributed by atoms with E-state index in [1.54, 1.807) is 0 Å². The van der Waals surface area contributed by atoms with Crippen LogP contribution < -0.4 is 5.32 Å². The van der Waals surface area contributed by atoms with Crippen LogP contribution in [-0.2, 0) is 9.47 Å². The summed E-state index contributed by atoms with van der Waals surface area (Å²) in [7, 11) is 0. The lowest BCUT2D eigenvalue weighted by Gasteiger charge is -2.40. The van der Waals surface area contributed by atoms with Gasteiger partial charge in [0, 0.05) is 6.04 Å². The molecule has 2 aliphatic carbocycles. The predicted octanol–water partition coefficient (Wildman–Crippen LogP) is 3.64. The van der Waals surface area contributed by atoms with Crippen molar-refractivity contribution in [3.63, 3.8) is 0 Å². The molecular weight excluding hydrogens is 266 g/mol. The van der Waals surface area contributed by atoms with Crippen LogP contribution in [0, 0.1) is 11.8 Å². The SMILES string of the molecule is CC(C)(C)OC(=O)N[C@@H]1CCC[C@]2(CC[C@@H]3C[C@@H]3CO2)C1. The number of alkyl carbamates (subject to hydrolysis) is 1. The van der Waals surface area contributed by atoms with Crippen LogP contribution >= 0.6 is 0 Å². The Kier molecular flexibility index (Phi) is 3.93. The monoisotopic (exact) mass is 295 g/mol. The first-order chi connectivity index (χ1) is 9.85. The van der Waals surface area contributed by atoms with Gasteiger partial charge < -0.3 is 14.8 Å². The Morgan fingerprint density at radius 2 is 2.05 bits per heavy atom. The Hall–Kier alpha value is -0.770. The molecule has 1 heterocycles. The van der Waals surface area contributed by atoms with Crippen molar-refractivity contribution in [3.8, 4) is 0 Å². The van der Waals surface area contributed by atoms with Crippen LogP contribution in [-0.4, -0.2) is 29.9 Å². The highest BCUT2D eigenvalue weighted by molar-refractivity contribution is 5.68. The Balaban J connectivity index is 1.54. The lowest BCUT2D eigenvalue weighted by molar-refractivity contribution is -0.0804. The molecule has 1 N–H and O–H groups in total. The number of carbonyl (C=O) groups is 1. The van der Waals surface area contributed by atoms with E-state index in [0.29, 0.717) is 0 Å². The molecule has 1 amide bonds. The van der Waals surface area contributed by atoms with Crippen LogP contribution in [0.5, 0.6) is 0 Å². The Morgan fingerprint density at radius 3 is 2.81 bits per heavy atom. The summed E-state index contributed by atoms with van der Waals surface area (Å²) in [6.07, 6.45) is 7.83. The highest BCUT2D eigenvalue weighted by Gasteiger charge is 2.47. The van der Waals surface area contributed by atoms with E-state index in [9.17, 15) is 4.79 Å². The molecule has 1 spiro atoms. The molecule has 0 aromatic heterocycles. The number of rotatable bonds is 1. The van der Waals surface area contributed by atoms with Crippen molar-refractivity contribution >= 4 is 6.09 Å². The summed E-state index contributed by atoms with van der Waals surface area (Å²) < 4.78 is 11.7. The summed E-state index contributed by atoms with van der Waals surface area (Å²) in [5.74, 6) is 1.74. The molecular formula is C17H29NO3. The van der Waals surface area contributed by atoms with Crippen LogP contribution in [0.2, 0.25) is 0 Å². The summed E-state index contributed by atoms with van der Waals surface area (Å²) in [5.41, 5.74) is -0.415. The fraction of sp³-hybridized carbons (Fsp3) is 0.941. The molecule has 2 saturated carbocycles. The third-order valence-electron chi connectivity index (χ3n) is 5.17. The quantitative estimate of drug-likeness (QED) is 0.803. The first-order valence-corrected chi connectivity index (χ1v) is 8.49. The van der Waals surface area contributed by atoms with Crippen molar-refractivity contribution in [2.45, 2.75) is 83.0 Å². The number of ether oxygens (including phenoxy) is 2.